The molecule has 1 unspecified atom stereocenters. The van der Waals surface area contributed by atoms with Gasteiger partial charge in [0.2, 0.25) is 10.0 Å². The molecule has 0 heterocycles. The second-order valence-electron chi connectivity index (χ2n) is 5.21. The molecule has 0 aromatic heterocycles. The lowest BCUT2D eigenvalue weighted by molar-refractivity contribution is 0.175. The van der Waals surface area contributed by atoms with Crippen LogP contribution >= 0.6 is 0 Å². The lowest BCUT2D eigenvalue weighted by atomic mass is 10.00. The summed E-state index contributed by atoms with van der Waals surface area (Å²) in [6.45, 7) is 5.45. The van der Waals surface area contributed by atoms with Crippen LogP contribution in [0.25, 0.3) is 0 Å². The number of hydrogen-bond donors (Lipinski definition) is 3. The number of aliphatic hydroxyl groups excluding tert-OH is 1. The number of benzene rings is 1. The quantitative estimate of drug-likeness (QED) is 0.625. The normalized spacial score (nSPS) is 13.7. The summed E-state index contributed by atoms with van der Waals surface area (Å²) in [5.74, 6) is 0.474. The van der Waals surface area contributed by atoms with Crippen LogP contribution in [0.5, 0.6) is 0 Å². The Morgan fingerprint density at radius 3 is 2.15 bits per heavy atom. The zero-order valence-electron chi connectivity index (χ0n) is 12.3. The number of aliphatic hydroxyl groups is 1. The van der Waals surface area contributed by atoms with Crippen molar-refractivity contribution in [3.63, 3.8) is 0 Å². The third-order valence-corrected chi connectivity index (χ3v) is 3.72. The highest BCUT2D eigenvalue weighted by molar-refractivity contribution is 7.88. The molecule has 6 heteroatoms. The number of nitrogens with one attached hydrogen (secondary N) is 2. The van der Waals surface area contributed by atoms with Crippen molar-refractivity contribution in [2.45, 2.75) is 25.9 Å². The van der Waals surface area contributed by atoms with Crippen molar-refractivity contribution in [3.05, 3.63) is 35.4 Å². The highest BCUT2D eigenvalue weighted by Gasteiger charge is 2.08. The van der Waals surface area contributed by atoms with E-state index in [1.54, 1.807) is 0 Å². The van der Waals surface area contributed by atoms with Crippen molar-refractivity contribution < 1.29 is 13.5 Å². The number of hydrogen-bond acceptors (Lipinski definition) is 4. The Balaban J connectivity index is 2.34. The molecular weight excluding hydrogens is 276 g/mol. The molecule has 0 aliphatic rings. The minimum absolute atomic E-state index is 0.317. The summed E-state index contributed by atoms with van der Waals surface area (Å²) in [4.78, 5) is 0. The van der Waals surface area contributed by atoms with E-state index in [1.807, 2.05) is 24.3 Å². The minimum atomic E-state index is -3.14. The van der Waals surface area contributed by atoms with E-state index < -0.39 is 16.1 Å². The Morgan fingerprint density at radius 2 is 1.65 bits per heavy atom. The first kappa shape index (κ1) is 17.1. The molecule has 20 heavy (non-hydrogen) atoms. The summed E-state index contributed by atoms with van der Waals surface area (Å²) in [6.07, 6.45) is 0.535. The van der Waals surface area contributed by atoms with E-state index in [9.17, 15) is 13.5 Å². The Hall–Kier alpha value is -0.950. The minimum Gasteiger partial charge on any atom is -0.387 e. The highest BCUT2D eigenvalue weighted by Crippen LogP contribution is 2.18. The monoisotopic (exact) mass is 300 g/mol. The second-order valence-corrected chi connectivity index (χ2v) is 7.04. The number of sulfonamides is 1. The van der Waals surface area contributed by atoms with E-state index in [1.165, 1.54) is 5.56 Å². The van der Waals surface area contributed by atoms with Crippen molar-refractivity contribution in [1.29, 1.82) is 0 Å². The molecule has 1 rings (SSSR count). The van der Waals surface area contributed by atoms with E-state index in [0.717, 1.165) is 11.8 Å². The Bertz CT molecular complexity index is 498. The first-order chi connectivity index (χ1) is 9.29. The fourth-order valence-electron chi connectivity index (χ4n) is 1.78. The molecule has 0 radical (unpaired) electrons. The maximum atomic E-state index is 10.8. The van der Waals surface area contributed by atoms with Gasteiger partial charge in [-0.1, -0.05) is 38.1 Å². The third-order valence-electron chi connectivity index (χ3n) is 2.99. The van der Waals surface area contributed by atoms with Gasteiger partial charge in [-0.15, -0.1) is 0 Å². The molecule has 5 nitrogen and oxygen atoms in total. The van der Waals surface area contributed by atoms with E-state index >= 15 is 0 Å². The van der Waals surface area contributed by atoms with E-state index in [0.29, 0.717) is 25.6 Å². The molecule has 0 aliphatic carbocycles. The van der Waals surface area contributed by atoms with Gasteiger partial charge in [-0.3, -0.25) is 0 Å². The van der Waals surface area contributed by atoms with Gasteiger partial charge in [-0.05, 0) is 17.0 Å². The molecule has 1 aromatic rings. The molecule has 1 atom stereocenters. The van der Waals surface area contributed by atoms with Crippen LogP contribution in [0.1, 0.15) is 37.0 Å². The fourth-order valence-corrected chi connectivity index (χ4v) is 2.26. The summed E-state index contributed by atoms with van der Waals surface area (Å²) >= 11 is 0. The van der Waals surface area contributed by atoms with Gasteiger partial charge >= 0.3 is 0 Å². The first-order valence-electron chi connectivity index (χ1n) is 6.73. The van der Waals surface area contributed by atoms with Gasteiger partial charge < -0.3 is 10.4 Å². The average Bonchev–Trinajstić information content (AvgIpc) is 2.37. The van der Waals surface area contributed by atoms with Crippen molar-refractivity contribution >= 4 is 10.0 Å². The summed E-state index contributed by atoms with van der Waals surface area (Å²) in [6, 6.07) is 7.90. The maximum absolute atomic E-state index is 10.8. The molecule has 0 saturated heterocycles. The topological polar surface area (TPSA) is 78.4 Å². The van der Waals surface area contributed by atoms with Gasteiger partial charge in [0.05, 0.1) is 12.4 Å². The van der Waals surface area contributed by atoms with Crippen LogP contribution in [0.3, 0.4) is 0 Å². The lowest BCUT2D eigenvalue weighted by Gasteiger charge is -2.13. The SMILES string of the molecule is CC(C)c1ccc(C(O)CNCCNS(C)(=O)=O)cc1. The molecule has 0 saturated carbocycles. The molecule has 114 valence electrons. The molecule has 0 bridgehead atoms. The van der Waals surface area contributed by atoms with Gasteiger partial charge in [0.15, 0.2) is 0 Å². The van der Waals surface area contributed by atoms with Gasteiger partial charge in [-0.2, -0.15) is 0 Å². The zero-order chi connectivity index (χ0) is 15.2. The van der Waals surface area contributed by atoms with Crippen LogP contribution in [0.2, 0.25) is 0 Å². The van der Waals surface area contributed by atoms with Crippen molar-refractivity contribution in [1.82, 2.24) is 10.0 Å². The van der Waals surface area contributed by atoms with E-state index in [-0.39, 0.29) is 0 Å². The standard InChI is InChI=1S/C14H24N2O3S/c1-11(2)12-4-6-13(7-5-12)14(17)10-15-8-9-16-20(3,18)19/h4-7,11,14-17H,8-10H2,1-3H3. The predicted molar refractivity (Wildman–Crippen MR) is 81.2 cm³/mol. The van der Waals surface area contributed by atoms with Crippen LogP contribution < -0.4 is 10.0 Å². The summed E-state index contributed by atoms with van der Waals surface area (Å²) < 4.78 is 24.1. The molecule has 0 spiro atoms. The Morgan fingerprint density at radius 1 is 1.10 bits per heavy atom. The summed E-state index contributed by atoms with van der Waals surface area (Å²) in [7, 11) is -3.14. The molecule has 0 aliphatic heterocycles. The predicted octanol–water partition coefficient (Wildman–Crippen LogP) is 0.982. The van der Waals surface area contributed by atoms with Crippen LogP contribution in [-0.2, 0) is 10.0 Å². The fraction of sp³-hybridized carbons (Fsp3) is 0.571. The third kappa shape index (κ3) is 6.47. The zero-order valence-corrected chi connectivity index (χ0v) is 13.1. The molecule has 3 N–H and O–H groups in total. The molecule has 1 aromatic carbocycles. The van der Waals surface area contributed by atoms with Crippen molar-refractivity contribution in [2.75, 3.05) is 25.9 Å². The summed E-state index contributed by atoms with van der Waals surface area (Å²) in [5.41, 5.74) is 2.10. The average molecular weight is 300 g/mol. The maximum Gasteiger partial charge on any atom is 0.208 e. The van der Waals surface area contributed by atoms with Gasteiger partial charge in [-0.25, -0.2) is 13.1 Å². The summed E-state index contributed by atoms with van der Waals surface area (Å²) in [5, 5.41) is 13.0. The van der Waals surface area contributed by atoms with Gasteiger partial charge in [0, 0.05) is 19.6 Å². The molecule has 0 amide bonds. The largest absolute Gasteiger partial charge is 0.387 e. The first-order valence-corrected chi connectivity index (χ1v) is 8.62. The van der Waals surface area contributed by atoms with E-state index in [2.05, 4.69) is 23.9 Å². The van der Waals surface area contributed by atoms with Crippen LogP contribution in [0.15, 0.2) is 24.3 Å². The smallest absolute Gasteiger partial charge is 0.208 e. The van der Waals surface area contributed by atoms with Crippen molar-refractivity contribution in [3.8, 4) is 0 Å². The van der Waals surface area contributed by atoms with Crippen LogP contribution in [-0.4, -0.2) is 39.4 Å². The van der Waals surface area contributed by atoms with Gasteiger partial charge in [0.25, 0.3) is 0 Å². The van der Waals surface area contributed by atoms with Gasteiger partial charge in [0.1, 0.15) is 0 Å². The van der Waals surface area contributed by atoms with E-state index in [4.69, 9.17) is 0 Å². The Labute approximate surface area is 121 Å². The highest BCUT2D eigenvalue weighted by atomic mass is 32.2. The van der Waals surface area contributed by atoms with Crippen LogP contribution in [0, 0.1) is 0 Å². The lowest BCUT2D eigenvalue weighted by Crippen LogP contribution is -2.32. The van der Waals surface area contributed by atoms with Crippen molar-refractivity contribution in [2.24, 2.45) is 0 Å². The second kappa shape index (κ2) is 7.73. The molecule has 0 fully saturated rings. The molecular formula is C14H24N2O3S. The van der Waals surface area contributed by atoms with Crippen LogP contribution in [0.4, 0.5) is 0 Å². The Kier molecular flexibility index (Phi) is 6.61. The number of rotatable bonds is 8.